The van der Waals surface area contributed by atoms with Gasteiger partial charge in [0, 0.05) is 49.9 Å². The van der Waals surface area contributed by atoms with Crippen LogP contribution in [0.1, 0.15) is 45.6 Å². The Balaban J connectivity index is 1.14. The third kappa shape index (κ3) is 5.88. The Morgan fingerprint density at radius 1 is 1.09 bits per heavy atom. The molecule has 2 aromatic heterocycles. The number of rotatable bonds is 9. The number of carboxylic acid groups (broad SMARTS) is 1. The van der Waals surface area contributed by atoms with E-state index in [0.717, 1.165) is 70.5 Å². The van der Waals surface area contributed by atoms with Crippen LogP contribution in [0, 0.1) is 31.6 Å². The molecule has 3 heterocycles. The van der Waals surface area contributed by atoms with Crippen LogP contribution in [0.5, 0.6) is 5.75 Å². The van der Waals surface area contributed by atoms with E-state index in [2.05, 4.69) is 28.4 Å². The first-order valence-corrected chi connectivity index (χ1v) is 15.5. The van der Waals surface area contributed by atoms with Gasteiger partial charge in [0.25, 0.3) is 5.91 Å². The van der Waals surface area contributed by atoms with Gasteiger partial charge in [0.1, 0.15) is 12.4 Å². The SMILES string of the molecule is Cc1ccc(OCc2ccc(C(=O)N(C)Cc3ccnn3C)cc2C)c(-c2csc(N3C[C@H]4CC[C@@H](C3)C4C(=O)O)n2)c1. The van der Waals surface area contributed by atoms with Crippen LogP contribution >= 0.6 is 11.3 Å². The Kier molecular flexibility index (Phi) is 7.96. The van der Waals surface area contributed by atoms with Gasteiger partial charge in [-0.25, -0.2) is 4.98 Å². The maximum Gasteiger partial charge on any atom is 0.307 e. The fourth-order valence-electron chi connectivity index (χ4n) is 6.52. The zero-order chi connectivity index (χ0) is 30.2. The lowest BCUT2D eigenvalue weighted by Crippen LogP contribution is -2.44. The number of nitrogens with zero attached hydrogens (tertiary/aromatic N) is 5. The Bertz CT molecular complexity index is 1650. The molecule has 2 fully saturated rings. The molecular weight excluding hydrogens is 562 g/mol. The van der Waals surface area contributed by atoms with Crippen molar-refractivity contribution in [2.45, 2.75) is 39.8 Å². The average molecular weight is 600 g/mol. The summed E-state index contributed by atoms with van der Waals surface area (Å²) in [6.45, 7) is 6.39. The zero-order valence-electron chi connectivity index (χ0n) is 25.0. The van der Waals surface area contributed by atoms with E-state index in [0.29, 0.717) is 18.7 Å². The van der Waals surface area contributed by atoms with E-state index in [-0.39, 0.29) is 23.7 Å². The molecule has 1 amide bonds. The summed E-state index contributed by atoms with van der Waals surface area (Å²) in [6.07, 6.45) is 3.68. The number of piperidine rings is 1. The van der Waals surface area contributed by atoms with E-state index in [1.54, 1.807) is 34.2 Å². The summed E-state index contributed by atoms with van der Waals surface area (Å²) in [5, 5.41) is 16.9. The molecule has 4 aromatic rings. The minimum Gasteiger partial charge on any atom is -0.488 e. The third-order valence-corrected chi connectivity index (χ3v) is 9.83. The van der Waals surface area contributed by atoms with Crippen molar-refractivity contribution in [2.75, 3.05) is 25.0 Å². The number of amides is 1. The molecule has 0 radical (unpaired) electrons. The minimum atomic E-state index is -0.655. The van der Waals surface area contributed by atoms with E-state index in [1.165, 1.54) is 0 Å². The zero-order valence-corrected chi connectivity index (χ0v) is 25.8. The molecule has 9 nitrogen and oxygen atoms in total. The van der Waals surface area contributed by atoms with E-state index in [1.807, 2.05) is 50.4 Å². The molecule has 6 rings (SSSR count). The number of thiazole rings is 1. The number of hydrogen-bond acceptors (Lipinski definition) is 7. The molecule has 224 valence electrons. The molecule has 0 spiro atoms. The molecule has 43 heavy (non-hydrogen) atoms. The summed E-state index contributed by atoms with van der Waals surface area (Å²) in [6, 6.07) is 13.8. The van der Waals surface area contributed by atoms with Crippen molar-refractivity contribution in [3.8, 4) is 17.0 Å². The fourth-order valence-corrected chi connectivity index (χ4v) is 7.37. The third-order valence-electron chi connectivity index (χ3n) is 8.93. The Morgan fingerprint density at radius 3 is 2.53 bits per heavy atom. The highest BCUT2D eigenvalue weighted by Gasteiger charge is 2.46. The first kappa shape index (κ1) is 28.9. The van der Waals surface area contributed by atoms with Gasteiger partial charge in [-0.1, -0.05) is 17.7 Å². The molecule has 1 aliphatic carbocycles. The lowest BCUT2D eigenvalue weighted by atomic mass is 9.85. The highest BCUT2D eigenvalue weighted by Crippen LogP contribution is 2.44. The number of carbonyl (C=O) groups excluding carboxylic acids is 1. The second-order valence-corrected chi connectivity index (χ2v) is 12.8. The number of fused-ring (bicyclic) bond motifs is 2. The summed E-state index contributed by atoms with van der Waals surface area (Å²) in [4.78, 5) is 33.8. The molecule has 1 saturated heterocycles. The summed E-state index contributed by atoms with van der Waals surface area (Å²) in [5.74, 6) is 0.203. The van der Waals surface area contributed by atoms with Gasteiger partial charge in [-0.05, 0) is 80.0 Å². The van der Waals surface area contributed by atoms with Crippen LogP contribution in [0.25, 0.3) is 11.3 Å². The van der Waals surface area contributed by atoms with Gasteiger partial charge in [-0.2, -0.15) is 5.10 Å². The number of benzene rings is 2. The normalized spacial score (nSPS) is 19.4. The average Bonchev–Trinajstić information content (AvgIpc) is 3.70. The predicted octanol–water partition coefficient (Wildman–Crippen LogP) is 5.56. The number of carboxylic acids is 1. The standard InChI is InChI=1S/C33H37N5O4S/c1-20-5-10-29(27(13-20)28-19-43-33(35-28)38-15-23-7-8-24(16-38)30(23)32(40)41)42-18-25-9-6-22(14-21(25)2)31(39)36(3)17-26-11-12-34-37(26)4/h5-6,9-14,19,23-24,30H,7-8,15-18H2,1-4H3,(H,40,41)/t23-,24+,30?. The van der Waals surface area contributed by atoms with Crippen molar-refractivity contribution in [1.29, 1.82) is 0 Å². The van der Waals surface area contributed by atoms with E-state index < -0.39 is 5.97 Å². The number of aryl methyl sites for hydroxylation is 3. The summed E-state index contributed by atoms with van der Waals surface area (Å²) in [5.41, 5.74) is 6.52. The number of carbonyl (C=O) groups is 2. The summed E-state index contributed by atoms with van der Waals surface area (Å²) in [7, 11) is 3.67. The van der Waals surface area contributed by atoms with Gasteiger partial charge in [-0.3, -0.25) is 14.3 Å². The first-order valence-electron chi connectivity index (χ1n) is 14.7. The Morgan fingerprint density at radius 2 is 1.86 bits per heavy atom. The van der Waals surface area contributed by atoms with Crippen molar-refractivity contribution < 1.29 is 19.4 Å². The Labute approximate surface area is 255 Å². The van der Waals surface area contributed by atoms with E-state index in [9.17, 15) is 14.7 Å². The number of anilines is 1. The molecule has 1 N–H and O–H groups in total. The van der Waals surface area contributed by atoms with Gasteiger partial charge in [0.05, 0.1) is 23.9 Å². The van der Waals surface area contributed by atoms with Crippen LogP contribution in [0.15, 0.2) is 54.0 Å². The molecule has 1 unspecified atom stereocenters. The van der Waals surface area contributed by atoms with Crippen LogP contribution in [-0.2, 0) is 25.0 Å². The molecule has 2 aliphatic rings. The lowest BCUT2D eigenvalue weighted by Gasteiger charge is -2.35. The smallest absolute Gasteiger partial charge is 0.307 e. The second-order valence-electron chi connectivity index (χ2n) is 11.9. The minimum absolute atomic E-state index is 0.0443. The quantitative estimate of drug-likeness (QED) is 0.269. The van der Waals surface area contributed by atoms with Crippen molar-refractivity contribution in [1.82, 2.24) is 19.7 Å². The molecule has 3 atom stereocenters. The van der Waals surface area contributed by atoms with Crippen molar-refractivity contribution in [2.24, 2.45) is 24.8 Å². The van der Waals surface area contributed by atoms with Crippen LogP contribution < -0.4 is 9.64 Å². The van der Waals surface area contributed by atoms with Crippen LogP contribution in [0.4, 0.5) is 5.13 Å². The summed E-state index contributed by atoms with van der Waals surface area (Å²) >= 11 is 1.60. The van der Waals surface area contributed by atoms with Gasteiger partial charge >= 0.3 is 5.97 Å². The Hall–Kier alpha value is -4.18. The monoisotopic (exact) mass is 599 g/mol. The van der Waals surface area contributed by atoms with Crippen LogP contribution in [0.2, 0.25) is 0 Å². The molecule has 2 aromatic carbocycles. The van der Waals surface area contributed by atoms with Crippen LogP contribution in [-0.4, -0.2) is 56.8 Å². The highest BCUT2D eigenvalue weighted by molar-refractivity contribution is 7.14. The van der Waals surface area contributed by atoms with Crippen molar-refractivity contribution >= 4 is 28.3 Å². The number of aromatic nitrogens is 3. The van der Waals surface area contributed by atoms with Gasteiger partial charge in [0.2, 0.25) is 0 Å². The van der Waals surface area contributed by atoms with Gasteiger partial charge in [-0.15, -0.1) is 11.3 Å². The highest BCUT2D eigenvalue weighted by atomic mass is 32.1. The molecule has 1 saturated carbocycles. The van der Waals surface area contributed by atoms with E-state index >= 15 is 0 Å². The van der Waals surface area contributed by atoms with Gasteiger partial charge in [0.15, 0.2) is 5.13 Å². The van der Waals surface area contributed by atoms with E-state index in [4.69, 9.17) is 9.72 Å². The molecule has 2 bridgehead atoms. The van der Waals surface area contributed by atoms with Crippen molar-refractivity contribution in [3.63, 3.8) is 0 Å². The lowest BCUT2D eigenvalue weighted by molar-refractivity contribution is -0.144. The fraction of sp³-hybridized carbons (Fsp3) is 0.394. The number of hydrogen-bond donors (Lipinski definition) is 1. The molecule has 1 aliphatic heterocycles. The first-order chi connectivity index (χ1) is 20.7. The molecular formula is C33H37N5O4S. The maximum atomic E-state index is 13.1. The largest absolute Gasteiger partial charge is 0.488 e. The maximum absolute atomic E-state index is 13.1. The van der Waals surface area contributed by atoms with Crippen molar-refractivity contribution in [3.05, 3.63) is 82.0 Å². The number of aliphatic carboxylic acids is 1. The topological polar surface area (TPSA) is 101 Å². The number of ether oxygens (including phenoxy) is 1. The second kappa shape index (κ2) is 11.8. The predicted molar refractivity (Wildman–Crippen MR) is 166 cm³/mol. The van der Waals surface area contributed by atoms with Gasteiger partial charge < -0.3 is 19.6 Å². The van der Waals surface area contributed by atoms with Crippen LogP contribution in [0.3, 0.4) is 0 Å². The summed E-state index contributed by atoms with van der Waals surface area (Å²) < 4.78 is 8.14. The molecule has 10 heteroatoms.